The van der Waals surface area contributed by atoms with Crippen molar-refractivity contribution in [1.29, 1.82) is 0 Å². The molecule has 3 rings (SSSR count). The van der Waals surface area contributed by atoms with Crippen molar-refractivity contribution in [3.8, 4) is 5.75 Å². The van der Waals surface area contributed by atoms with Crippen LogP contribution < -0.4 is 4.74 Å². The molecular weight excluding hydrogens is 200 g/mol. The second-order valence-corrected chi connectivity index (χ2v) is 4.73. The summed E-state index contributed by atoms with van der Waals surface area (Å²) >= 11 is 0. The van der Waals surface area contributed by atoms with Crippen LogP contribution >= 0.6 is 0 Å². The molecule has 1 fully saturated rings. The van der Waals surface area contributed by atoms with E-state index in [1.165, 1.54) is 5.57 Å². The van der Waals surface area contributed by atoms with Crippen molar-refractivity contribution < 1.29 is 9.84 Å². The highest BCUT2D eigenvalue weighted by atomic mass is 16.5. The molecule has 16 heavy (non-hydrogen) atoms. The van der Waals surface area contributed by atoms with Crippen molar-refractivity contribution >= 4 is 0 Å². The Labute approximate surface area is 95.6 Å². The lowest BCUT2D eigenvalue weighted by Crippen LogP contribution is -2.38. The van der Waals surface area contributed by atoms with Crippen LogP contribution in [0.3, 0.4) is 0 Å². The topological polar surface area (TPSA) is 29.5 Å². The zero-order valence-corrected chi connectivity index (χ0v) is 9.23. The molecule has 1 N–H and O–H groups in total. The Balaban J connectivity index is 1.70. The fourth-order valence-corrected chi connectivity index (χ4v) is 2.84. The summed E-state index contributed by atoms with van der Waals surface area (Å²) in [6, 6.07) is 9.70. The number of rotatable bonds is 3. The van der Waals surface area contributed by atoms with E-state index in [1.54, 1.807) is 0 Å². The summed E-state index contributed by atoms with van der Waals surface area (Å²) in [5, 5.41) is 10.6. The number of hydrogen-bond donors (Lipinski definition) is 1. The van der Waals surface area contributed by atoms with E-state index in [9.17, 15) is 5.11 Å². The van der Waals surface area contributed by atoms with Gasteiger partial charge in [0.05, 0.1) is 0 Å². The maximum atomic E-state index is 10.6. The van der Waals surface area contributed by atoms with Gasteiger partial charge in [-0.1, -0.05) is 24.3 Å². The van der Waals surface area contributed by atoms with Crippen molar-refractivity contribution in [2.75, 3.05) is 6.61 Å². The van der Waals surface area contributed by atoms with E-state index < -0.39 is 5.60 Å². The van der Waals surface area contributed by atoms with Crippen molar-refractivity contribution in [1.82, 2.24) is 0 Å². The molecule has 1 aromatic rings. The molecule has 0 saturated heterocycles. The first-order valence-corrected chi connectivity index (χ1v) is 5.89. The molecule has 2 nitrogen and oxygen atoms in total. The van der Waals surface area contributed by atoms with Gasteiger partial charge in [-0.05, 0) is 42.9 Å². The van der Waals surface area contributed by atoms with Gasteiger partial charge in [0.15, 0.2) is 0 Å². The number of para-hydroxylation sites is 1. The van der Waals surface area contributed by atoms with Crippen molar-refractivity contribution in [3.05, 3.63) is 42.0 Å². The first-order valence-electron chi connectivity index (χ1n) is 5.89. The van der Waals surface area contributed by atoms with Crippen LogP contribution in [0.25, 0.3) is 0 Å². The molecule has 2 atom stereocenters. The second-order valence-electron chi connectivity index (χ2n) is 4.73. The SMILES string of the molecule is OC1(COc2ccccc2)C2=CCC1CC2. The number of ether oxygens (including phenoxy) is 1. The smallest absolute Gasteiger partial charge is 0.123 e. The van der Waals surface area contributed by atoms with Gasteiger partial charge in [-0.25, -0.2) is 0 Å². The number of fused-ring (bicyclic) bond motifs is 2. The molecule has 1 aromatic carbocycles. The first kappa shape index (κ1) is 9.91. The largest absolute Gasteiger partial charge is 0.490 e. The molecule has 84 valence electrons. The van der Waals surface area contributed by atoms with Crippen molar-refractivity contribution in [2.24, 2.45) is 5.92 Å². The quantitative estimate of drug-likeness (QED) is 0.787. The molecule has 0 heterocycles. The van der Waals surface area contributed by atoms with Crippen molar-refractivity contribution in [2.45, 2.75) is 24.9 Å². The predicted molar refractivity (Wildman–Crippen MR) is 62.3 cm³/mol. The fraction of sp³-hybridized carbons (Fsp3) is 0.429. The lowest BCUT2D eigenvalue weighted by molar-refractivity contribution is 0.00230. The Kier molecular flexibility index (Phi) is 2.25. The minimum atomic E-state index is -0.685. The Morgan fingerprint density at radius 2 is 2.12 bits per heavy atom. The van der Waals surface area contributed by atoms with Gasteiger partial charge in [-0.3, -0.25) is 0 Å². The molecule has 2 heteroatoms. The highest BCUT2D eigenvalue weighted by molar-refractivity contribution is 5.31. The van der Waals surface area contributed by atoms with Gasteiger partial charge in [0.1, 0.15) is 18.0 Å². The lowest BCUT2D eigenvalue weighted by atomic mass is 9.93. The number of allylic oxidation sites excluding steroid dienone is 1. The van der Waals surface area contributed by atoms with E-state index in [2.05, 4.69) is 6.08 Å². The summed E-state index contributed by atoms with van der Waals surface area (Å²) in [4.78, 5) is 0. The van der Waals surface area contributed by atoms with E-state index in [1.807, 2.05) is 30.3 Å². The molecule has 0 amide bonds. The third-order valence-electron chi connectivity index (χ3n) is 3.84. The molecule has 2 aliphatic carbocycles. The molecular formula is C14H16O2. The van der Waals surface area contributed by atoms with Gasteiger partial charge in [-0.2, -0.15) is 0 Å². The molecule has 1 saturated carbocycles. The average molecular weight is 216 g/mol. The van der Waals surface area contributed by atoms with E-state index in [-0.39, 0.29) is 0 Å². The fourth-order valence-electron chi connectivity index (χ4n) is 2.84. The summed E-state index contributed by atoms with van der Waals surface area (Å²) in [5.74, 6) is 1.22. The summed E-state index contributed by atoms with van der Waals surface area (Å²) in [7, 11) is 0. The molecule has 0 aromatic heterocycles. The molecule has 2 aliphatic rings. The monoisotopic (exact) mass is 216 g/mol. The van der Waals surface area contributed by atoms with Gasteiger partial charge in [0.25, 0.3) is 0 Å². The van der Waals surface area contributed by atoms with Crippen LogP contribution in [-0.2, 0) is 0 Å². The number of aliphatic hydroxyl groups is 1. The molecule has 2 unspecified atom stereocenters. The summed E-state index contributed by atoms with van der Waals surface area (Å²) in [5.41, 5.74) is 0.504. The van der Waals surface area contributed by atoms with Gasteiger partial charge in [-0.15, -0.1) is 0 Å². The minimum absolute atomic E-state index is 0.381. The lowest BCUT2D eigenvalue weighted by Gasteiger charge is -2.26. The number of benzene rings is 1. The van der Waals surface area contributed by atoms with E-state index in [4.69, 9.17) is 4.74 Å². The standard InChI is InChI=1S/C14H16O2/c15-14(11-6-7-12(14)9-8-11)10-16-13-4-2-1-3-5-13/h1-6,12,15H,7-10H2. The van der Waals surface area contributed by atoms with Crippen LogP contribution in [0.5, 0.6) is 5.75 Å². The van der Waals surface area contributed by atoms with Gasteiger partial charge < -0.3 is 9.84 Å². The second kappa shape index (κ2) is 3.63. The van der Waals surface area contributed by atoms with Crippen LogP contribution in [0.2, 0.25) is 0 Å². The van der Waals surface area contributed by atoms with E-state index >= 15 is 0 Å². The van der Waals surface area contributed by atoms with Gasteiger partial charge in [0.2, 0.25) is 0 Å². The normalized spacial score (nSPS) is 31.6. The third kappa shape index (κ3) is 1.45. The maximum Gasteiger partial charge on any atom is 0.123 e. The van der Waals surface area contributed by atoms with Gasteiger partial charge >= 0.3 is 0 Å². The maximum absolute atomic E-state index is 10.6. The zero-order valence-electron chi connectivity index (χ0n) is 9.23. The summed E-state index contributed by atoms with van der Waals surface area (Å²) < 4.78 is 5.68. The number of hydrogen-bond acceptors (Lipinski definition) is 2. The molecule has 0 radical (unpaired) electrons. The predicted octanol–water partition coefficient (Wildman–Crippen LogP) is 2.54. The van der Waals surface area contributed by atoms with Crippen molar-refractivity contribution in [3.63, 3.8) is 0 Å². The highest BCUT2D eigenvalue weighted by Crippen LogP contribution is 2.48. The van der Waals surface area contributed by atoms with Crippen LogP contribution in [0.4, 0.5) is 0 Å². The average Bonchev–Trinajstić information content (AvgIpc) is 2.82. The Bertz CT molecular complexity index is 410. The highest BCUT2D eigenvalue weighted by Gasteiger charge is 2.48. The van der Waals surface area contributed by atoms with E-state index in [0.717, 1.165) is 25.0 Å². The van der Waals surface area contributed by atoms with Crippen LogP contribution in [0, 0.1) is 5.92 Å². The Hall–Kier alpha value is -1.28. The molecule has 0 aliphatic heterocycles. The summed E-state index contributed by atoms with van der Waals surface area (Å²) in [6.07, 6.45) is 5.35. The van der Waals surface area contributed by atoms with Gasteiger partial charge in [0, 0.05) is 0 Å². The molecule has 0 spiro atoms. The Morgan fingerprint density at radius 1 is 1.31 bits per heavy atom. The Morgan fingerprint density at radius 3 is 2.69 bits per heavy atom. The van der Waals surface area contributed by atoms with Crippen LogP contribution in [0.1, 0.15) is 19.3 Å². The van der Waals surface area contributed by atoms with Crippen LogP contribution in [0.15, 0.2) is 42.0 Å². The summed E-state index contributed by atoms with van der Waals surface area (Å²) in [6.45, 7) is 0.396. The zero-order chi connectivity index (χ0) is 11.0. The van der Waals surface area contributed by atoms with E-state index in [0.29, 0.717) is 12.5 Å². The van der Waals surface area contributed by atoms with Crippen LogP contribution in [-0.4, -0.2) is 17.3 Å². The first-order chi connectivity index (χ1) is 7.79. The third-order valence-corrected chi connectivity index (χ3v) is 3.84. The minimum Gasteiger partial charge on any atom is -0.490 e. The molecule has 2 bridgehead atoms.